The van der Waals surface area contributed by atoms with Crippen LogP contribution in [0.5, 0.6) is 0 Å². The summed E-state index contributed by atoms with van der Waals surface area (Å²) in [5, 5.41) is -0.489. The van der Waals surface area contributed by atoms with Crippen LogP contribution in [0.2, 0.25) is 5.02 Å². The van der Waals surface area contributed by atoms with E-state index in [1.165, 1.54) is 11.0 Å². The molecule has 1 aromatic heterocycles. The number of hydrogen-bond donors (Lipinski definition) is 1. The third kappa shape index (κ3) is 2.73. The van der Waals surface area contributed by atoms with Crippen molar-refractivity contribution in [2.24, 2.45) is 0 Å². The predicted octanol–water partition coefficient (Wildman–Crippen LogP) is 2.17. The van der Waals surface area contributed by atoms with Gasteiger partial charge in [-0.05, 0) is 12.1 Å². The summed E-state index contributed by atoms with van der Waals surface area (Å²) >= 11 is 5.82. The molecule has 26 heavy (non-hydrogen) atoms. The van der Waals surface area contributed by atoms with Gasteiger partial charge in [-0.1, -0.05) is 11.6 Å². The van der Waals surface area contributed by atoms with Gasteiger partial charge in [0.2, 0.25) is 0 Å². The highest BCUT2D eigenvalue weighted by atomic mass is 35.5. The first-order chi connectivity index (χ1) is 12.5. The number of nitrogens with zero attached hydrogens (tertiary/aromatic N) is 2. The van der Waals surface area contributed by atoms with Gasteiger partial charge in [-0.2, -0.15) is 0 Å². The molecule has 0 saturated carbocycles. The van der Waals surface area contributed by atoms with Crippen LogP contribution in [-0.4, -0.2) is 65.5 Å². The van der Waals surface area contributed by atoms with Gasteiger partial charge in [0.25, 0.3) is 11.8 Å². The van der Waals surface area contributed by atoms with E-state index >= 15 is 0 Å². The van der Waals surface area contributed by atoms with Gasteiger partial charge in [0.05, 0.1) is 22.5 Å². The SMILES string of the molecule is O=C(c1[nH]c2ccc(F)c(Cl)c2c1F)N1CCN(C(=O)[C@@H]2CCO2)CC1. The molecule has 2 amide bonds. The summed E-state index contributed by atoms with van der Waals surface area (Å²) in [7, 11) is 0. The molecular formula is C17H16ClF2N3O3. The molecule has 1 aromatic carbocycles. The monoisotopic (exact) mass is 383 g/mol. The number of benzene rings is 1. The fourth-order valence-corrected chi connectivity index (χ4v) is 3.50. The highest BCUT2D eigenvalue weighted by Crippen LogP contribution is 2.31. The minimum Gasteiger partial charge on any atom is -0.368 e. The quantitative estimate of drug-likeness (QED) is 0.864. The van der Waals surface area contributed by atoms with Crippen LogP contribution in [0.1, 0.15) is 16.9 Å². The molecular weight excluding hydrogens is 368 g/mol. The fraction of sp³-hybridized carbons (Fsp3) is 0.412. The normalized spacial score (nSPS) is 20.3. The molecule has 2 aromatic rings. The van der Waals surface area contributed by atoms with E-state index in [1.54, 1.807) is 4.90 Å². The van der Waals surface area contributed by atoms with Gasteiger partial charge in [-0.15, -0.1) is 0 Å². The molecule has 0 unspecified atom stereocenters. The van der Waals surface area contributed by atoms with Gasteiger partial charge in [0.1, 0.15) is 17.6 Å². The third-order valence-corrected chi connectivity index (χ3v) is 5.23. The fourth-order valence-electron chi connectivity index (χ4n) is 3.25. The molecule has 1 N–H and O–H groups in total. The maximum absolute atomic E-state index is 14.6. The van der Waals surface area contributed by atoms with Gasteiger partial charge in [-0.3, -0.25) is 9.59 Å². The Morgan fingerprint density at radius 2 is 1.81 bits per heavy atom. The average Bonchev–Trinajstić information content (AvgIpc) is 2.93. The summed E-state index contributed by atoms with van der Waals surface area (Å²) in [4.78, 5) is 30.6. The zero-order valence-corrected chi connectivity index (χ0v) is 14.5. The van der Waals surface area contributed by atoms with Crippen LogP contribution in [-0.2, 0) is 9.53 Å². The third-order valence-electron chi connectivity index (χ3n) is 4.86. The average molecular weight is 384 g/mol. The molecule has 0 bridgehead atoms. The maximum Gasteiger partial charge on any atom is 0.273 e. The Balaban J connectivity index is 1.50. The summed E-state index contributed by atoms with van der Waals surface area (Å²) in [6.07, 6.45) is 0.343. The Labute approximate surface area is 152 Å². The number of aromatic amines is 1. The van der Waals surface area contributed by atoms with Gasteiger partial charge in [-0.25, -0.2) is 8.78 Å². The van der Waals surface area contributed by atoms with Crippen molar-refractivity contribution in [3.63, 3.8) is 0 Å². The van der Waals surface area contributed by atoms with Crippen molar-refractivity contribution in [3.05, 3.63) is 34.5 Å². The van der Waals surface area contributed by atoms with E-state index < -0.39 is 17.5 Å². The first-order valence-corrected chi connectivity index (χ1v) is 8.70. The lowest BCUT2D eigenvalue weighted by Crippen LogP contribution is -2.54. The lowest BCUT2D eigenvalue weighted by Gasteiger charge is -2.38. The number of carbonyl (C=O) groups is 2. The second kappa shape index (κ2) is 6.51. The number of halogens is 3. The predicted molar refractivity (Wildman–Crippen MR) is 90.1 cm³/mol. The number of hydrogen-bond acceptors (Lipinski definition) is 3. The molecule has 0 radical (unpaired) electrons. The Kier molecular flexibility index (Phi) is 4.32. The zero-order valence-electron chi connectivity index (χ0n) is 13.7. The summed E-state index contributed by atoms with van der Waals surface area (Å²) in [6, 6.07) is 2.45. The molecule has 6 nitrogen and oxygen atoms in total. The van der Waals surface area contributed by atoms with Crippen molar-refractivity contribution >= 4 is 34.3 Å². The number of carbonyl (C=O) groups excluding carboxylic acids is 2. The molecule has 9 heteroatoms. The topological polar surface area (TPSA) is 65.6 Å². The lowest BCUT2D eigenvalue weighted by atomic mass is 10.1. The number of piperazine rings is 1. The highest BCUT2D eigenvalue weighted by Gasteiger charge is 2.34. The first-order valence-electron chi connectivity index (χ1n) is 8.32. The van der Waals surface area contributed by atoms with Crippen molar-refractivity contribution < 1.29 is 23.1 Å². The van der Waals surface area contributed by atoms with E-state index in [4.69, 9.17) is 16.3 Å². The van der Waals surface area contributed by atoms with Crippen molar-refractivity contribution in [2.75, 3.05) is 32.8 Å². The number of rotatable bonds is 2. The number of ether oxygens (including phenoxy) is 1. The van der Waals surface area contributed by atoms with E-state index in [-0.39, 0.29) is 46.7 Å². The molecule has 4 rings (SSSR count). The maximum atomic E-state index is 14.6. The molecule has 2 fully saturated rings. The molecule has 2 aliphatic rings. The number of H-pyrrole nitrogens is 1. The summed E-state index contributed by atoms with van der Waals surface area (Å²) in [6.45, 7) is 1.89. The van der Waals surface area contributed by atoms with E-state index in [2.05, 4.69) is 4.98 Å². The van der Waals surface area contributed by atoms with Crippen LogP contribution in [0.3, 0.4) is 0 Å². The van der Waals surface area contributed by atoms with E-state index in [9.17, 15) is 18.4 Å². The number of aromatic nitrogens is 1. The van der Waals surface area contributed by atoms with E-state index in [0.29, 0.717) is 19.7 Å². The summed E-state index contributed by atoms with van der Waals surface area (Å²) in [5.74, 6) is -2.22. The minimum absolute atomic E-state index is 0.0672. The van der Waals surface area contributed by atoms with Gasteiger partial charge < -0.3 is 19.5 Å². The molecule has 0 spiro atoms. The molecule has 0 aliphatic carbocycles. The highest BCUT2D eigenvalue weighted by molar-refractivity contribution is 6.35. The molecule has 2 saturated heterocycles. The van der Waals surface area contributed by atoms with Crippen LogP contribution in [0, 0.1) is 11.6 Å². The van der Waals surface area contributed by atoms with Crippen LogP contribution >= 0.6 is 11.6 Å². The van der Waals surface area contributed by atoms with Crippen molar-refractivity contribution in [1.29, 1.82) is 0 Å². The Morgan fingerprint density at radius 3 is 2.42 bits per heavy atom. The van der Waals surface area contributed by atoms with Crippen molar-refractivity contribution in [3.8, 4) is 0 Å². The second-order valence-corrected chi connectivity index (χ2v) is 6.74. The Morgan fingerprint density at radius 1 is 1.15 bits per heavy atom. The lowest BCUT2D eigenvalue weighted by molar-refractivity contribution is -0.157. The van der Waals surface area contributed by atoms with Crippen LogP contribution in [0.4, 0.5) is 8.78 Å². The summed E-state index contributed by atoms with van der Waals surface area (Å²) < 4.78 is 33.4. The molecule has 2 aliphatic heterocycles. The zero-order chi connectivity index (χ0) is 18.4. The smallest absolute Gasteiger partial charge is 0.273 e. The largest absolute Gasteiger partial charge is 0.368 e. The second-order valence-electron chi connectivity index (χ2n) is 6.36. The molecule has 138 valence electrons. The van der Waals surface area contributed by atoms with E-state index in [1.807, 2.05) is 0 Å². The van der Waals surface area contributed by atoms with Crippen molar-refractivity contribution in [1.82, 2.24) is 14.8 Å². The van der Waals surface area contributed by atoms with Crippen LogP contribution in [0.15, 0.2) is 12.1 Å². The standard InChI is InChI=1S/C17H16ClF2N3O3/c18-13-9(19)1-2-10-12(13)14(20)15(21-10)17(25)23-6-4-22(5-7-23)16(24)11-3-8-26-11/h1-2,11,21H,3-8H2/t11-/m0/s1. The van der Waals surface area contributed by atoms with Gasteiger partial charge in [0, 0.05) is 32.6 Å². The first kappa shape index (κ1) is 17.2. The van der Waals surface area contributed by atoms with Gasteiger partial charge in [0.15, 0.2) is 5.82 Å². The Bertz CT molecular complexity index is 889. The minimum atomic E-state index is -0.865. The van der Waals surface area contributed by atoms with Crippen LogP contribution in [0.25, 0.3) is 10.9 Å². The molecule has 1 atom stereocenters. The number of fused-ring (bicyclic) bond motifs is 1. The number of amides is 2. The van der Waals surface area contributed by atoms with Gasteiger partial charge >= 0.3 is 0 Å². The van der Waals surface area contributed by atoms with Crippen molar-refractivity contribution in [2.45, 2.75) is 12.5 Å². The molecule has 3 heterocycles. The van der Waals surface area contributed by atoms with E-state index in [0.717, 1.165) is 12.5 Å². The Hall–Kier alpha value is -2.19. The van der Waals surface area contributed by atoms with Crippen LogP contribution < -0.4 is 0 Å². The summed E-state index contributed by atoms with van der Waals surface area (Å²) in [5.41, 5.74) is 0.00259. The number of nitrogens with one attached hydrogen (secondary N) is 1.